The van der Waals surface area contributed by atoms with Crippen molar-refractivity contribution in [3.63, 3.8) is 0 Å². The lowest BCUT2D eigenvalue weighted by Crippen LogP contribution is -2.36. The van der Waals surface area contributed by atoms with Crippen molar-refractivity contribution in [1.82, 2.24) is 20.2 Å². The van der Waals surface area contributed by atoms with Crippen molar-refractivity contribution in [3.05, 3.63) is 42.1 Å². The van der Waals surface area contributed by atoms with Crippen LogP contribution in [-0.2, 0) is 0 Å². The highest BCUT2D eigenvalue weighted by Gasteiger charge is 2.28. The number of nitrogens with zero attached hydrogens (tertiary/aromatic N) is 4. The van der Waals surface area contributed by atoms with Crippen LogP contribution in [0, 0.1) is 17.7 Å². The number of rotatable bonds is 10. The Kier molecular flexibility index (Phi) is 9.13. The zero-order valence-corrected chi connectivity index (χ0v) is 21.9. The summed E-state index contributed by atoms with van der Waals surface area (Å²) in [6.07, 6.45) is 11.1. The molecule has 1 atom stereocenters. The molecule has 1 aromatic carbocycles. The molecule has 2 fully saturated rings. The molecule has 0 bridgehead atoms. The van der Waals surface area contributed by atoms with Crippen molar-refractivity contribution in [1.29, 1.82) is 0 Å². The first kappa shape index (κ1) is 26.3. The van der Waals surface area contributed by atoms with Crippen LogP contribution in [0.25, 0.3) is 0 Å². The summed E-state index contributed by atoms with van der Waals surface area (Å²) in [5, 5.41) is 3.71. The minimum Gasteiger partial charge on any atom is -0.451 e. The zero-order valence-electron chi connectivity index (χ0n) is 21.9. The van der Waals surface area contributed by atoms with Crippen LogP contribution in [0.15, 0.2) is 30.7 Å². The Morgan fingerprint density at radius 1 is 1.17 bits per heavy atom. The van der Waals surface area contributed by atoms with Crippen molar-refractivity contribution in [3.8, 4) is 11.5 Å². The van der Waals surface area contributed by atoms with Crippen LogP contribution < -0.4 is 15.0 Å². The van der Waals surface area contributed by atoms with E-state index < -0.39 is 5.82 Å². The number of carbonyl (C=O) groups excluding carboxylic acids is 1. The van der Waals surface area contributed by atoms with E-state index in [-0.39, 0.29) is 17.5 Å². The molecule has 196 valence electrons. The summed E-state index contributed by atoms with van der Waals surface area (Å²) in [5.74, 6) is 2.12. The third-order valence-corrected chi connectivity index (χ3v) is 7.45. The number of benzene rings is 1. The van der Waals surface area contributed by atoms with Gasteiger partial charge in [0.1, 0.15) is 17.9 Å². The largest absolute Gasteiger partial charge is 0.451 e. The molecule has 2 aliphatic rings. The Bertz CT molecular complexity index is 1010. The molecule has 0 spiro atoms. The van der Waals surface area contributed by atoms with Gasteiger partial charge in [0.2, 0.25) is 0 Å². The van der Waals surface area contributed by atoms with Gasteiger partial charge in [-0.1, -0.05) is 19.3 Å². The van der Waals surface area contributed by atoms with Crippen molar-refractivity contribution < 1.29 is 13.9 Å². The lowest BCUT2D eigenvalue weighted by atomic mass is 9.89. The quantitative estimate of drug-likeness (QED) is 0.482. The first-order valence-corrected chi connectivity index (χ1v) is 13.5. The molecule has 2 aromatic rings. The van der Waals surface area contributed by atoms with E-state index >= 15 is 0 Å². The number of carbonyl (C=O) groups is 1. The fourth-order valence-electron chi connectivity index (χ4n) is 5.47. The van der Waals surface area contributed by atoms with E-state index in [1.54, 1.807) is 11.1 Å². The fraction of sp³-hybridized carbons (Fsp3) is 0.607. The Hall–Kier alpha value is -2.74. The Morgan fingerprint density at radius 2 is 1.94 bits per heavy atom. The summed E-state index contributed by atoms with van der Waals surface area (Å²) in [7, 11) is 0. The van der Waals surface area contributed by atoms with Crippen LogP contribution in [-0.4, -0.2) is 59.5 Å². The van der Waals surface area contributed by atoms with E-state index in [1.165, 1.54) is 56.6 Å². The van der Waals surface area contributed by atoms with E-state index in [1.807, 2.05) is 20.8 Å². The molecule has 1 unspecified atom stereocenters. The molecule has 1 aromatic heterocycles. The van der Waals surface area contributed by atoms with Crippen LogP contribution in [0.1, 0.15) is 69.7 Å². The molecule has 8 heteroatoms. The lowest BCUT2D eigenvalue weighted by Gasteiger charge is -2.26. The minimum atomic E-state index is -0.474. The molecule has 36 heavy (non-hydrogen) atoms. The van der Waals surface area contributed by atoms with Crippen LogP contribution in [0.5, 0.6) is 11.5 Å². The lowest BCUT2D eigenvalue weighted by molar-refractivity contribution is 0.0713. The fourth-order valence-corrected chi connectivity index (χ4v) is 5.47. The van der Waals surface area contributed by atoms with Gasteiger partial charge in [-0.15, -0.1) is 0 Å². The van der Waals surface area contributed by atoms with Crippen LogP contribution >= 0.6 is 0 Å². The average Bonchev–Trinajstić information content (AvgIpc) is 3.35. The summed E-state index contributed by atoms with van der Waals surface area (Å²) in [6.45, 7) is 10.2. The van der Waals surface area contributed by atoms with Gasteiger partial charge in [-0.25, -0.2) is 14.4 Å². The maximum absolute atomic E-state index is 14.1. The molecule has 1 aliphatic heterocycles. The second-order valence-electron chi connectivity index (χ2n) is 10.4. The molecule has 7 nitrogen and oxygen atoms in total. The normalized spacial score (nSPS) is 18.6. The minimum absolute atomic E-state index is 0.0116. The van der Waals surface area contributed by atoms with E-state index in [0.29, 0.717) is 29.8 Å². The van der Waals surface area contributed by atoms with E-state index in [0.717, 1.165) is 38.5 Å². The van der Waals surface area contributed by atoms with Gasteiger partial charge in [0.25, 0.3) is 5.91 Å². The first-order chi connectivity index (χ1) is 17.5. The van der Waals surface area contributed by atoms with Crippen LogP contribution in [0.3, 0.4) is 0 Å². The number of aromatic nitrogens is 2. The highest BCUT2D eigenvalue weighted by atomic mass is 19.1. The van der Waals surface area contributed by atoms with Crippen molar-refractivity contribution >= 4 is 11.7 Å². The second kappa shape index (κ2) is 12.5. The third kappa shape index (κ3) is 6.52. The summed E-state index contributed by atoms with van der Waals surface area (Å²) in [5.41, 5.74) is 0.201. The van der Waals surface area contributed by atoms with Gasteiger partial charge in [0, 0.05) is 25.7 Å². The SMILES string of the molecule is CCN(C(=O)c1cc(F)ccc1Oc1cncnc1N1CCC(CNCC2CCCCC2)C1)C(C)C. The number of hydrogen-bond donors (Lipinski definition) is 1. The van der Waals surface area contributed by atoms with Gasteiger partial charge in [0.05, 0.1) is 11.8 Å². The summed E-state index contributed by atoms with van der Waals surface area (Å²) in [6, 6.07) is 4.05. The van der Waals surface area contributed by atoms with E-state index in [9.17, 15) is 9.18 Å². The molecule has 2 heterocycles. The predicted octanol–water partition coefficient (Wildman–Crippen LogP) is 5.27. The Labute approximate surface area is 214 Å². The molecular formula is C28H40FN5O2. The number of hydrogen-bond acceptors (Lipinski definition) is 6. The van der Waals surface area contributed by atoms with Gasteiger partial charge in [-0.05, 0) is 83.2 Å². The highest BCUT2D eigenvalue weighted by Crippen LogP contribution is 2.35. The Morgan fingerprint density at radius 3 is 2.69 bits per heavy atom. The number of ether oxygens (including phenoxy) is 1. The molecule has 0 radical (unpaired) electrons. The van der Waals surface area contributed by atoms with Gasteiger partial charge in [-0.3, -0.25) is 4.79 Å². The van der Waals surface area contributed by atoms with E-state index in [2.05, 4.69) is 20.2 Å². The average molecular weight is 498 g/mol. The third-order valence-electron chi connectivity index (χ3n) is 7.45. The van der Waals surface area contributed by atoms with Gasteiger partial charge >= 0.3 is 0 Å². The number of nitrogens with one attached hydrogen (secondary N) is 1. The number of amides is 1. The predicted molar refractivity (Wildman–Crippen MR) is 140 cm³/mol. The summed E-state index contributed by atoms with van der Waals surface area (Å²) in [4.78, 5) is 25.8. The van der Waals surface area contributed by atoms with Crippen LogP contribution in [0.4, 0.5) is 10.2 Å². The van der Waals surface area contributed by atoms with Crippen LogP contribution in [0.2, 0.25) is 0 Å². The zero-order chi connectivity index (χ0) is 25.5. The first-order valence-electron chi connectivity index (χ1n) is 13.5. The molecule has 1 amide bonds. The highest BCUT2D eigenvalue weighted by molar-refractivity contribution is 5.97. The molecule has 1 saturated heterocycles. The smallest absolute Gasteiger partial charge is 0.257 e. The summed E-state index contributed by atoms with van der Waals surface area (Å²) < 4.78 is 20.3. The number of halogens is 1. The van der Waals surface area contributed by atoms with Crippen molar-refractivity contribution in [2.45, 2.75) is 65.3 Å². The summed E-state index contributed by atoms with van der Waals surface area (Å²) >= 11 is 0. The molecule has 1 aliphatic carbocycles. The topological polar surface area (TPSA) is 70.6 Å². The molecular weight excluding hydrogens is 457 g/mol. The van der Waals surface area contributed by atoms with Crippen molar-refractivity contribution in [2.75, 3.05) is 37.6 Å². The maximum Gasteiger partial charge on any atom is 0.257 e. The number of anilines is 1. The van der Waals surface area contributed by atoms with Gasteiger partial charge < -0.3 is 19.9 Å². The monoisotopic (exact) mass is 497 g/mol. The van der Waals surface area contributed by atoms with E-state index in [4.69, 9.17) is 4.74 Å². The Balaban J connectivity index is 1.44. The van der Waals surface area contributed by atoms with Gasteiger partial charge in [0.15, 0.2) is 11.6 Å². The standard InChI is InChI=1S/C28H40FN5O2/c1-4-34(20(2)3)28(35)24-14-23(29)10-11-25(24)36-26-17-31-19-32-27(26)33-13-12-22(18-33)16-30-15-21-8-6-5-7-9-21/h10-11,14,17,19-22,30H,4-9,12-13,15-16,18H2,1-3H3. The van der Waals surface area contributed by atoms with Gasteiger partial charge in [-0.2, -0.15) is 0 Å². The van der Waals surface area contributed by atoms with Crippen molar-refractivity contribution in [2.24, 2.45) is 11.8 Å². The maximum atomic E-state index is 14.1. The molecule has 1 N–H and O–H groups in total. The molecule has 1 saturated carbocycles. The second-order valence-corrected chi connectivity index (χ2v) is 10.4. The molecule has 4 rings (SSSR count).